The molecule has 0 spiro atoms. The number of hydrogen-bond acceptors (Lipinski definition) is 3. The third-order valence-corrected chi connectivity index (χ3v) is 5.82. The average molecular weight is 429 g/mol. The highest BCUT2D eigenvalue weighted by Gasteiger charge is 2.28. The number of rotatable bonds is 6. The van der Waals surface area contributed by atoms with Gasteiger partial charge >= 0.3 is 0 Å². The van der Waals surface area contributed by atoms with E-state index in [1.807, 2.05) is 78.6 Å². The van der Waals surface area contributed by atoms with Crippen LogP contribution in [0.3, 0.4) is 0 Å². The van der Waals surface area contributed by atoms with Crippen LogP contribution in [-0.4, -0.2) is 36.4 Å². The number of carbonyl (C=O) groups is 2. The molecule has 0 atom stereocenters. The Bertz CT molecular complexity index is 1040. The number of amides is 2. The summed E-state index contributed by atoms with van der Waals surface area (Å²) in [6.07, 6.45) is 1.33. The van der Waals surface area contributed by atoms with Crippen molar-refractivity contribution in [2.75, 3.05) is 25.0 Å². The predicted octanol–water partition coefficient (Wildman–Crippen LogP) is 5.24. The van der Waals surface area contributed by atoms with E-state index in [2.05, 4.69) is 17.4 Å². The zero-order chi connectivity index (χ0) is 22.3. The lowest BCUT2D eigenvalue weighted by molar-refractivity contribution is -0.121. The molecule has 0 bridgehead atoms. The Morgan fingerprint density at radius 2 is 1.50 bits per heavy atom. The lowest BCUT2D eigenvalue weighted by atomic mass is 9.95. The van der Waals surface area contributed by atoms with Gasteiger partial charge < -0.3 is 15.0 Å². The number of likely N-dealkylation sites (tertiary alicyclic amines) is 1. The normalized spacial score (nSPS) is 14.1. The first-order chi connectivity index (χ1) is 15.6. The minimum absolute atomic E-state index is 0.00785. The quantitative estimate of drug-likeness (QED) is 0.584. The molecule has 3 aromatic rings. The zero-order valence-electron chi connectivity index (χ0n) is 18.3. The van der Waals surface area contributed by atoms with Gasteiger partial charge in [-0.15, -0.1) is 0 Å². The fraction of sp³-hybridized carbons (Fsp3) is 0.259. The van der Waals surface area contributed by atoms with Crippen molar-refractivity contribution in [1.82, 2.24) is 4.90 Å². The summed E-state index contributed by atoms with van der Waals surface area (Å²) in [6, 6.07) is 25.2. The first-order valence-corrected chi connectivity index (χ1v) is 11.1. The summed E-state index contributed by atoms with van der Waals surface area (Å²) in [5.41, 5.74) is 3.66. The van der Waals surface area contributed by atoms with Crippen molar-refractivity contribution in [3.8, 4) is 16.9 Å². The van der Waals surface area contributed by atoms with Gasteiger partial charge in [-0.3, -0.25) is 9.59 Å². The summed E-state index contributed by atoms with van der Waals surface area (Å²) in [6.45, 7) is 3.72. The van der Waals surface area contributed by atoms with E-state index >= 15 is 0 Å². The van der Waals surface area contributed by atoms with Gasteiger partial charge in [-0.1, -0.05) is 42.5 Å². The molecule has 3 aromatic carbocycles. The molecule has 32 heavy (non-hydrogen) atoms. The van der Waals surface area contributed by atoms with Crippen molar-refractivity contribution in [1.29, 1.82) is 0 Å². The van der Waals surface area contributed by atoms with Crippen LogP contribution < -0.4 is 10.1 Å². The molecule has 1 aliphatic rings. The van der Waals surface area contributed by atoms with Crippen LogP contribution in [0.15, 0.2) is 78.9 Å². The standard InChI is InChI=1S/C27H28N2O3/c1-2-32-25-14-12-24(13-15-25)28-26(30)22-16-18-29(19-17-22)27(31)23-10-8-21(9-11-23)20-6-4-3-5-7-20/h3-15,22H,2,16-19H2,1H3,(H,28,30). The first kappa shape index (κ1) is 21.6. The van der Waals surface area contributed by atoms with Gasteiger partial charge in [0.1, 0.15) is 5.75 Å². The molecule has 5 nitrogen and oxygen atoms in total. The summed E-state index contributed by atoms with van der Waals surface area (Å²) >= 11 is 0. The molecule has 0 saturated carbocycles. The molecule has 1 aliphatic heterocycles. The summed E-state index contributed by atoms with van der Waals surface area (Å²) in [4.78, 5) is 27.4. The van der Waals surface area contributed by atoms with E-state index < -0.39 is 0 Å². The second-order valence-electron chi connectivity index (χ2n) is 7.96. The number of benzene rings is 3. The van der Waals surface area contributed by atoms with E-state index in [1.165, 1.54) is 0 Å². The van der Waals surface area contributed by atoms with E-state index in [0.717, 1.165) is 22.6 Å². The maximum Gasteiger partial charge on any atom is 0.253 e. The minimum Gasteiger partial charge on any atom is -0.494 e. The molecular formula is C27H28N2O3. The Morgan fingerprint density at radius 1 is 0.875 bits per heavy atom. The fourth-order valence-corrected chi connectivity index (χ4v) is 4.01. The van der Waals surface area contributed by atoms with Crippen molar-refractivity contribution in [2.45, 2.75) is 19.8 Å². The monoisotopic (exact) mass is 428 g/mol. The third-order valence-electron chi connectivity index (χ3n) is 5.82. The van der Waals surface area contributed by atoms with E-state index in [-0.39, 0.29) is 17.7 Å². The molecule has 2 amide bonds. The van der Waals surface area contributed by atoms with Gasteiger partial charge in [-0.2, -0.15) is 0 Å². The molecule has 0 aliphatic carbocycles. The Labute approximate surface area is 189 Å². The lowest BCUT2D eigenvalue weighted by Gasteiger charge is -2.31. The number of nitrogens with one attached hydrogen (secondary N) is 1. The third kappa shape index (κ3) is 5.17. The van der Waals surface area contributed by atoms with Gasteiger partial charge in [-0.25, -0.2) is 0 Å². The first-order valence-electron chi connectivity index (χ1n) is 11.1. The summed E-state index contributed by atoms with van der Waals surface area (Å²) in [5.74, 6) is 0.726. The van der Waals surface area contributed by atoms with Gasteiger partial charge in [0.25, 0.3) is 5.91 Å². The van der Waals surface area contributed by atoms with Gasteiger partial charge in [0, 0.05) is 30.3 Å². The molecule has 1 fully saturated rings. The number of nitrogens with zero attached hydrogens (tertiary/aromatic N) is 1. The fourth-order valence-electron chi connectivity index (χ4n) is 4.01. The Hall–Kier alpha value is -3.60. The van der Waals surface area contributed by atoms with Crippen molar-refractivity contribution in [2.24, 2.45) is 5.92 Å². The van der Waals surface area contributed by atoms with Crippen molar-refractivity contribution >= 4 is 17.5 Å². The van der Waals surface area contributed by atoms with Crippen LogP contribution in [-0.2, 0) is 4.79 Å². The molecule has 0 unspecified atom stereocenters. The van der Waals surface area contributed by atoms with Crippen LogP contribution in [0.1, 0.15) is 30.1 Å². The molecule has 1 heterocycles. The smallest absolute Gasteiger partial charge is 0.253 e. The summed E-state index contributed by atoms with van der Waals surface area (Å²) < 4.78 is 5.43. The van der Waals surface area contributed by atoms with E-state index in [9.17, 15) is 9.59 Å². The number of anilines is 1. The molecule has 5 heteroatoms. The van der Waals surface area contributed by atoms with Crippen molar-refractivity contribution < 1.29 is 14.3 Å². The Kier molecular flexibility index (Phi) is 6.85. The van der Waals surface area contributed by atoms with Gasteiger partial charge in [-0.05, 0) is 67.3 Å². The Balaban J connectivity index is 1.30. The van der Waals surface area contributed by atoms with Crippen molar-refractivity contribution in [3.63, 3.8) is 0 Å². The van der Waals surface area contributed by atoms with Gasteiger partial charge in [0.15, 0.2) is 0 Å². The minimum atomic E-state index is -0.0916. The maximum absolute atomic E-state index is 12.9. The highest BCUT2D eigenvalue weighted by molar-refractivity contribution is 5.95. The predicted molar refractivity (Wildman–Crippen MR) is 127 cm³/mol. The SMILES string of the molecule is CCOc1ccc(NC(=O)C2CCN(C(=O)c3ccc(-c4ccccc4)cc3)CC2)cc1. The van der Waals surface area contributed by atoms with Crippen molar-refractivity contribution in [3.05, 3.63) is 84.4 Å². The van der Waals surface area contributed by atoms with Crippen LogP contribution in [0.5, 0.6) is 5.75 Å². The van der Waals surface area contributed by atoms with Gasteiger partial charge in [0.2, 0.25) is 5.91 Å². The molecule has 4 rings (SSSR count). The number of hydrogen-bond donors (Lipinski definition) is 1. The van der Waals surface area contributed by atoms with E-state index in [4.69, 9.17) is 4.74 Å². The summed E-state index contributed by atoms with van der Waals surface area (Å²) in [5, 5.41) is 2.98. The maximum atomic E-state index is 12.9. The van der Waals surface area contributed by atoms with E-state index in [1.54, 1.807) is 0 Å². The molecule has 164 valence electrons. The molecule has 1 N–H and O–H groups in total. The molecular weight excluding hydrogens is 400 g/mol. The summed E-state index contributed by atoms with van der Waals surface area (Å²) in [7, 11) is 0. The topological polar surface area (TPSA) is 58.6 Å². The molecule has 0 radical (unpaired) electrons. The van der Waals surface area contributed by atoms with Gasteiger partial charge in [0.05, 0.1) is 6.61 Å². The van der Waals surface area contributed by atoms with Crippen LogP contribution in [0.25, 0.3) is 11.1 Å². The van der Waals surface area contributed by atoms with Crippen LogP contribution in [0, 0.1) is 5.92 Å². The number of carbonyl (C=O) groups excluding carboxylic acids is 2. The van der Waals surface area contributed by atoms with Crippen LogP contribution >= 0.6 is 0 Å². The number of piperidine rings is 1. The highest BCUT2D eigenvalue weighted by atomic mass is 16.5. The van der Waals surface area contributed by atoms with Crippen LogP contribution in [0.4, 0.5) is 5.69 Å². The highest BCUT2D eigenvalue weighted by Crippen LogP contribution is 2.24. The van der Waals surface area contributed by atoms with Crippen LogP contribution in [0.2, 0.25) is 0 Å². The number of ether oxygens (including phenoxy) is 1. The van der Waals surface area contributed by atoms with E-state index in [0.29, 0.717) is 38.1 Å². The molecule has 0 aromatic heterocycles. The zero-order valence-corrected chi connectivity index (χ0v) is 18.3. The second-order valence-corrected chi connectivity index (χ2v) is 7.96. The molecule has 1 saturated heterocycles. The lowest BCUT2D eigenvalue weighted by Crippen LogP contribution is -2.41. The Morgan fingerprint density at radius 3 is 2.12 bits per heavy atom. The average Bonchev–Trinajstić information content (AvgIpc) is 2.86. The second kappa shape index (κ2) is 10.1. The largest absolute Gasteiger partial charge is 0.494 e.